The maximum atomic E-state index is 10.9. The molecule has 2 N–H and O–H groups in total. The number of carboxylic acid groups (broad SMARTS) is 1. The molecule has 4 nitrogen and oxygen atoms in total. The molecule has 110 valence electrons. The van der Waals surface area contributed by atoms with E-state index in [4.69, 9.17) is 33.0 Å². The Morgan fingerprint density at radius 1 is 1.30 bits per heavy atom. The summed E-state index contributed by atoms with van der Waals surface area (Å²) in [6.07, 6.45) is 1.78. The van der Waals surface area contributed by atoms with E-state index >= 15 is 0 Å². The molecule has 1 aliphatic carbocycles. The quantitative estimate of drug-likeness (QED) is 0.893. The summed E-state index contributed by atoms with van der Waals surface area (Å²) in [6.45, 7) is 0.122. The zero-order chi connectivity index (χ0) is 14.8. The fraction of sp³-hybridized carbons (Fsp3) is 0.500. The van der Waals surface area contributed by atoms with Crippen LogP contribution in [0.15, 0.2) is 18.2 Å². The first-order valence-electron chi connectivity index (χ1n) is 6.43. The first-order valence-corrected chi connectivity index (χ1v) is 7.18. The topological polar surface area (TPSA) is 66.8 Å². The van der Waals surface area contributed by atoms with Gasteiger partial charge in [-0.25, -0.2) is 0 Å². The van der Waals surface area contributed by atoms with Gasteiger partial charge in [0.25, 0.3) is 0 Å². The van der Waals surface area contributed by atoms with Crippen molar-refractivity contribution in [2.24, 2.45) is 5.92 Å². The zero-order valence-electron chi connectivity index (χ0n) is 10.8. The average Bonchev–Trinajstić information content (AvgIpc) is 2.41. The minimum atomic E-state index is -0.974. The maximum Gasteiger partial charge on any atom is 0.306 e. The molecular weight excluding hydrogens is 303 g/mol. The molecule has 0 spiro atoms. The largest absolute Gasteiger partial charge is 0.491 e. The lowest BCUT2D eigenvalue weighted by Crippen LogP contribution is -2.41. The number of halogens is 2. The Morgan fingerprint density at radius 3 is 2.50 bits per heavy atom. The van der Waals surface area contributed by atoms with Crippen molar-refractivity contribution in [1.82, 2.24) is 0 Å². The summed E-state index contributed by atoms with van der Waals surface area (Å²) in [6, 6.07) is 4.90. The fourth-order valence-electron chi connectivity index (χ4n) is 2.33. The molecule has 0 heterocycles. The number of ether oxygens (including phenoxy) is 1. The lowest BCUT2D eigenvalue weighted by atomic mass is 9.79. The van der Waals surface area contributed by atoms with Crippen LogP contribution in [0, 0.1) is 5.92 Å². The molecule has 0 saturated heterocycles. The van der Waals surface area contributed by atoms with Gasteiger partial charge in [0.05, 0.1) is 21.6 Å². The number of aliphatic carboxylic acids is 1. The minimum Gasteiger partial charge on any atom is -0.491 e. The summed E-state index contributed by atoms with van der Waals surface area (Å²) in [5, 5.41) is 20.2. The molecule has 2 rings (SSSR count). The lowest BCUT2D eigenvalue weighted by Gasteiger charge is -2.34. The van der Waals surface area contributed by atoms with Crippen LogP contribution in [-0.4, -0.2) is 28.4 Å². The fourth-order valence-corrected chi connectivity index (χ4v) is 2.62. The predicted octanol–water partition coefficient (Wildman–Crippen LogP) is 3.38. The van der Waals surface area contributed by atoms with E-state index < -0.39 is 11.6 Å². The first kappa shape index (κ1) is 15.4. The summed E-state index contributed by atoms with van der Waals surface area (Å²) in [5.74, 6) is -0.620. The Bertz CT molecular complexity index is 496. The second-order valence-electron chi connectivity index (χ2n) is 5.20. The minimum absolute atomic E-state index is 0.122. The number of benzene rings is 1. The van der Waals surface area contributed by atoms with Gasteiger partial charge in [0.15, 0.2) is 0 Å². The van der Waals surface area contributed by atoms with Crippen LogP contribution in [-0.2, 0) is 4.79 Å². The highest BCUT2D eigenvalue weighted by Crippen LogP contribution is 2.33. The van der Waals surface area contributed by atoms with Crippen LogP contribution in [0.4, 0.5) is 0 Å². The number of aliphatic hydroxyl groups is 1. The Hall–Kier alpha value is -0.970. The first-order chi connectivity index (χ1) is 9.39. The van der Waals surface area contributed by atoms with Gasteiger partial charge < -0.3 is 14.9 Å². The van der Waals surface area contributed by atoms with Crippen LogP contribution in [0.1, 0.15) is 25.7 Å². The highest BCUT2D eigenvalue weighted by molar-refractivity contribution is 6.42. The lowest BCUT2D eigenvalue weighted by molar-refractivity contribution is -0.145. The van der Waals surface area contributed by atoms with E-state index in [1.165, 1.54) is 0 Å². The van der Waals surface area contributed by atoms with Crippen molar-refractivity contribution in [3.05, 3.63) is 28.2 Å². The molecule has 0 atom stereocenters. The third-order valence-electron chi connectivity index (χ3n) is 3.66. The van der Waals surface area contributed by atoms with Crippen LogP contribution in [0.3, 0.4) is 0 Å². The molecule has 6 heteroatoms. The number of carbonyl (C=O) groups is 1. The van der Waals surface area contributed by atoms with E-state index in [0.29, 0.717) is 41.5 Å². The SMILES string of the molecule is O=C(O)C1CCC(O)(COc2ccc(Cl)c(Cl)c2)CC1. The Balaban J connectivity index is 1.90. The van der Waals surface area contributed by atoms with Gasteiger partial charge in [-0.05, 0) is 37.8 Å². The highest BCUT2D eigenvalue weighted by atomic mass is 35.5. The van der Waals surface area contributed by atoms with E-state index in [2.05, 4.69) is 0 Å². The molecule has 0 aliphatic heterocycles. The number of rotatable bonds is 4. The maximum absolute atomic E-state index is 10.9. The molecule has 0 radical (unpaired) electrons. The van der Waals surface area contributed by atoms with Gasteiger partial charge in [-0.15, -0.1) is 0 Å². The number of carboxylic acids is 1. The molecular formula is C14H16Cl2O4. The standard InChI is InChI=1S/C14H16Cl2O4/c15-11-2-1-10(7-12(11)16)20-8-14(19)5-3-9(4-6-14)13(17)18/h1-2,7,9,19H,3-6,8H2,(H,17,18). The molecule has 0 aromatic heterocycles. The molecule has 20 heavy (non-hydrogen) atoms. The average molecular weight is 319 g/mol. The van der Waals surface area contributed by atoms with Gasteiger partial charge in [0, 0.05) is 6.07 Å². The summed E-state index contributed by atoms with van der Waals surface area (Å²) in [4.78, 5) is 10.9. The van der Waals surface area contributed by atoms with Crippen molar-refractivity contribution < 1.29 is 19.7 Å². The van der Waals surface area contributed by atoms with E-state index in [1.54, 1.807) is 18.2 Å². The van der Waals surface area contributed by atoms with Crippen molar-refractivity contribution in [1.29, 1.82) is 0 Å². The Labute approximate surface area is 127 Å². The number of hydrogen-bond acceptors (Lipinski definition) is 3. The Kier molecular flexibility index (Phi) is 4.78. The van der Waals surface area contributed by atoms with Crippen LogP contribution < -0.4 is 4.74 Å². The van der Waals surface area contributed by atoms with Gasteiger partial charge >= 0.3 is 5.97 Å². The molecule has 0 unspecified atom stereocenters. The number of hydrogen-bond donors (Lipinski definition) is 2. The van der Waals surface area contributed by atoms with Crippen molar-refractivity contribution in [2.75, 3.05) is 6.61 Å². The van der Waals surface area contributed by atoms with Crippen molar-refractivity contribution in [3.8, 4) is 5.75 Å². The van der Waals surface area contributed by atoms with Crippen LogP contribution in [0.25, 0.3) is 0 Å². The third kappa shape index (κ3) is 3.78. The van der Waals surface area contributed by atoms with Crippen LogP contribution in [0.5, 0.6) is 5.75 Å². The molecule has 1 aliphatic rings. The van der Waals surface area contributed by atoms with Gasteiger partial charge in [0.1, 0.15) is 12.4 Å². The summed E-state index contributed by atoms with van der Waals surface area (Å²) >= 11 is 11.7. The summed E-state index contributed by atoms with van der Waals surface area (Å²) in [7, 11) is 0. The highest BCUT2D eigenvalue weighted by Gasteiger charge is 2.36. The zero-order valence-corrected chi connectivity index (χ0v) is 12.3. The smallest absolute Gasteiger partial charge is 0.306 e. The van der Waals surface area contributed by atoms with E-state index in [9.17, 15) is 9.90 Å². The van der Waals surface area contributed by atoms with Crippen molar-refractivity contribution >= 4 is 29.2 Å². The van der Waals surface area contributed by atoms with Gasteiger partial charge in [-0.3, -0.25) is 4.79 Å². The second kappa shape index (κ2) is 6.20. The molecule has 1 aromatic rings. The van der Waals surface area contributed by atoms with E-state index in [1.807, 2.05) is 0 Å². The van der Waals surface area contributed by atoms with Crippen LogP contribution >= 0.6 is 23.2 Å². The molecule has 1 saturated carbocycles. The normalized spacial score (nSPS) is 26.2. The van der Waals surface area contributed by atoms with E-state index in [-0.39, 0.29) is 12.5 Å². The van der Waals surface area contributed by atoms with Gasteiger partial charge in [-0.1, -0.05) is 23.2 Å². The molecule has 1 aromatic carbocycles. The van der Waals surface area contributed by atoms with Crippen molar-refractivity contribution in [3.63, 3.8) is 0 Å². The second-order valence-corrected chi connectivity index (χ2v) is 6.02. The van der Waals surface area contributed by atoms with Gasteiger partial charge in [-0.2, -0.15) is 0 Å². The monoisotopic (exact) mass is 318 g/mol. The van der Waals surface area contributed by atoms with Gasteiger partial charge in [0.2, 0.25) is 0 Å². The molecule has 1 fully saturated rings. The van der Waals surface area contributed by atoms with E-state index in [0.717, 1.165) is 0 Å². The molecule has 0 bridgehead atoms. The third-order valence-corrected chi connectivity index (χ3v) is 4.40. The summed E-state index contributed by atoms with van der Waals surface area (Å²) < 4.78 is 5.54. The van der Waals surface area contributed by atoms with Crippen molar-refractivity contribution in [2.45, 2.75) is 31.3 Å². The molecule has 0 amide bonds. The summed E-state index contributed by atoms with van der Waals surface area (Å²) in [5.41, 5.74) is -0.974. The Morgan fingerprint density at radius 2 is 1.95 bits per heavy atom. The van der Waals surface area contributed by atoms with Crippen LogP contribution in [0.2, 0.25) is 10.0 Å². The predicted molar refractivity (Wildman–Crippen MR) is 76.5 cm³/mol.